The van der Waals surface area contributed by atoms with E-state index >= 15 is 0 Å². The Morgan fingerprint density at radius 3 is 2.22 bits per heavy atom. The van der Waals surface area contributed by atoms with Crippen molar-refractivity contribution in [3.8, 4) is 0 Å². The topological polar surface area (TPSA) is 75.3 Å². The lowest BCUT2D eigenvalue weighted by molar-refractivity contribution is 0.102. The number of hydrogen-bond acceptors (Lipinski definition) is 3. The standard InChI is InChI=1S/C21H20N2O3S/c1-15-6-5-8-18(14-15)23-27(25,26)19-12-10-17(11-13-19)21(24)22-20-9-4-3-7-16(20)2/h3-14,23H,1-2H3,(H,22,24). The maximum Gasteiger partial charge on any atom is 0.261 e. The van der Waals surface area contributed by atoms with E-state index in [0.717, 1.165) is 16.8 Å². The van der Waals surface area contributed by atoms with E-state index in [-0.39, 0.29) is 10.8 Å². The molecule has 27 heavy (non-hydrogen) atoms. The van der Waals surface area contributed by atoms with Gasteiger partial charge >= 0.3 is 0 Å². The number of benzene rings is 3. The molecule has 0 aromatic heterocycles. The molecule has 0 bridgehead atoms. The molecule has 0 fully saturated rings. The summed E-state index contributed by atoms with van der Waals surface area (Å²) in [5.74, 6) is -0.292. The molecular formula is C21H20N2O3S. The molecule has 2 N–H and O–H groups in total. The van der Waals surface area contributed by atoms with E-state index < -0.39 is 10.0 Å². The van der Waals surface area contributed by atoms with Crippen LogP contribution in [0.4, 0.5) is 11.4 Å². The highest BCUT2D eigenvalue weighted by Gasteiger charge is 2.15. The number of sulfonamides is 1. The number of amides is 1. The zero-order valence-corrected chi connectivity index (χ0v) is 15.9. The van der Waals surface area contributed by atoms with Crippen LogP contribution in [-0.2, 0) is 10.0 Å². The lowest BCUT2D eigenvalue weighted by Crippen LogP contribution is -2.15. The summed E-state index contributed by atoms with van der Waals surface area (Å²) in [6.45, 7) is 3.79. The minimum Gasteiger partial charge on any atom is -0.322 e. The van der Waals surface area contributed by atoms with Crippen molar-refractivity contribution < 1.29 is 13.2 Å². The van der Waals surface area contributed by atoms with Crippen LogP contribution in [0.25, 0.3) is 0 Å². The Morgan fingerprint density at radius 1 is 0.852 bits per heavy atom. The third kappa shape index (κ3) is 4.54. The maximum absolute atomic E-state index is 12.5. The van der Waals surface area contributed by atoms with E-state index in [9.17, 15) is 13.2 Å². The molecule has 3 rings (SSSR count). The van der Waals surface area contributed by atoms with Crippen molar-refractivity contribution in [2.45, 2.75) is 18.7 Å². The number of hydrogen-bond donors (Lipinski definition) is 2. The van der Waals surface area contributed by atoms with Gasteiger partial charge < -0.3 is 5.32 Å². The molecule has 6 heteroatoms. The summed E-state index contributed by atoms with van der Waals surface area (Å²) in [4.78, 5) is 12.5. The number of anilines is 2. The molecule has 0 atom stereocenters. The Labute approximate surface area is 159 Å². The fourth-order valence-electron chi connectivity index (χ4n) is 2.62. The van der Waals surface area contributed by atoms with E-state index in [2.05, 4.69) is 10.0 Å². The average Bonchev–Trinajstić information content (AvgIpc) is 2.63. The van der Waals surface area contributed by atoms with Gasteiger partial charge in [0, 0.05) is 16.9 Å². The van der Waals surface area contributed by atoms with Crippen molar-refractivity contribution in [3.63, 3.8) is 0 Å². The molecule has 3 aromatic carbocycles. The number of para-hydroxylation sites is 1. The van der Waals surface area contributed by atoms with E-state index in [4.69, 9.17) is 0 Å². The second-order valence-corrected chi connectivity index (χ2v) is 7.95. The Hall–Kier alpha value is -3.12. The van der Waals surface area contributed by atoms with Crippen molar-refractivity contribution in [2.75, 3.05) is 10.0 Å². The molecule has 138 valence electrons. The maximum atomic E-state index is 12.5. The third-order valence-electron chi connectivity index (χ3n) is 4.09. The van der Waals surface area contributed by atoms with Crippen LogP contribution in [0.3, 0.4) is 0 Å². The predicted octanol–water partition coefficient (Wildman–Crippen LogP) is 4.36. The normalized spacial score (nSPS) is 11.0. The number of nitrogens with one attached hydrogen (secondary N) is 2. The van der Waals surface area contributed by atoms with Crippen molar-refractivity contribution in [1.82, 2.24) is 0 Å². The second kappa shape index (κ2) is 7.63. The van der Waals surface area contributed by atoms with Gasteiger partial charge in [-0.3, -0.25) is 9.52 Å². The molecule has 0 saturated carbocycles. The number of rotatable bonds is 5. The van der Waals surface area contributed by atoms with E-state index in [1.807, 2.05) is 44.2 Å². The van der Waals surface area contributed by atoms with Crippen molar-refractivity contribution in [3.05, 3.63) is 89.5 Å². The minimum atomic E-state index is -3.72. The molecule has 5 nitrogen and oxygen atoms in total. The third-order valence-corrected chi connectivity index (χ3v) is 5.49. The molecule has 0 spiro atoms. The SMILES string of the molecule is Cc1cccc(NS(=O)(=O)c2ccc(C(=O)Nc3ccccc3C)cc2)c1. The first-order valence-electron chi connectivity index (χ1n) is 8.42. The smallest absolute Gasteiger partial charge is 0.261 e. The summed E-state index contributed by atoms with van der Waals surface area (Å²) < 4.78 is 27.6. The number of carbonyl (C=O) groups is 1. The van der Waals surface area contributed by atoms with Crippen molar-refractivity contribution in [1.29, 1.82) is 0 Å². The van der Waals surface area contributed by atoms with Crippen LogP contribution < -0.4 is 10.0 Å². The van der Waals surface area contributed by atoms with Crippen LogP contribution >= 0.6 is 0 Å². The van der Waals surface area contributed by atoms with E-state index in [1.165, 1.54) is 24.3 Å². The number of aryl methyl sites for hydroxylation is 2. The lowest BCUT2D eigenvalue weighted by atomic mass is 10.1. The zero-order chi connectivity index (χ0) is 19.4. The monoisotopic (exact) mass is 380 g/mol. The van der Waals surface area contributed by atoms with Crippen molar-refractivity contribution >= 4 is 27.3 Å². The van der Waals surface area contributed by atoms with Crippen LogP contribution in [0.15, 0.2) is 77.7 Å². The molecule has 0 unspecified atom stereocenters. The first-order valence-corrected chi connectivity index (χ1v) is 9.90. The van der Waals surface area contributed by atoms with Gasteiger partial charge in [-0.25, -0.2) is 8.42 Å². The predicted molar refractivity (Wildman–Crippen MR) is 108 cm³/mol. The minimum absolute atomic E-state index is 0.0939. The summed E-state index contributed by atoms with van der Waals surface area (Å²) in [5.41, 5.74) is 3.51. The van der Waals surface area contributed by atoms with E-state index in [0.29, 0.717) is 11.3 Å². The summed E-state index contributed by atoms with van der Waals surface area (Å²) in [6.07, 6.45) is 0. The fraction of sp³-hybridized carbons (Fsp3) is 0.0952. The second-order valence-electron chi connectivity index (χ2n) is 6.27. The molecule has 0 heterocycles. The molecule has 1 amide bonds. The van der Waals surface area contributed by atoms with Gasteiger partial charge in [0.2, 0.25) is 0 Å². The van der Waals surface area contributed by atoms with Gasteiger partial charge in [0.1, 0.15) is 0 Å². The molecule has 0 aliphatic carbocycles. The molecule has 0 saturated heterocycles. The van der Waals surface area contributed by atoms with Crippen LogP contribution in [0, 0.1) is 13.8 Å². The van der Waals surface area contributed by atoms with Gasteiger partial charge in [-0.1, -0.05) is 30.3 Å². The summed E-state index contributed by atoms with van der Waals surface area (Å²) in [6, 6.07) is 20.4. The Bertz CT molecular complexity index is 1070. The molecular weight excluding hydrogens is 360 g/mol. The van der Waals surface area contributed by atoms with Gasteiger partial charge in [-0.05, 0) is 67.4 Å². The largest absolute Gasteiger partial charge is 0.322 e. The Morgan fingerprint density at radius 2 is 1.56 bits per heavy atom. The summed E-state index contributed by atoms with van der Waals surface area (Å²) in [7, 11) is -3.72. The first-order chi connectivity index (χ1) is 12.8. The Kier molecular flexibility index (Phi) is 5.28. The fourth-order valence-corrected chi connectivity index (χ4v) is 3.67. The lowest BCUT2D eigenvalue weighted by Gasteiger charge is -2.10. The van der Waals surface area contributed by atoms with Gasteiger partial charge in [-0.15, -0.1) is 0 Å². The zero-order valence-electron chi connectivity index (χ0n) is 15.1. The highest BCUT2D eigenvalue weighted by Crippen LogP contribution is 2.19. The quantitative estimate of drug-likeness (QED) is 0.691. The summed E-state index contributed by atoms with van der Waals surface area (Å²) in [5, 5.41) is 2.83. The van der Waals surface area contributed by atoms with Crippen LogP contribution in [0.2, 0.25) is 0 Å². The first kappa shape index (κ1) is 18.7. The van der Waals surface area contributed by atoms with Gasteiger partial charge in [0.25, 0.3) is 15.9 Å². The van der Waals surface area contributed by atoms with Gasteiger partial charge in [0.05, 0.1) is 4.90 Å². The molecule has 3 aromatic rings. The van der Waals surface area contributed by atoms with Crippen molar-refractivity contribution in [2.24, 2.45) is 0 Å². The van der Waals surface area contributed by atoms with Crippen LogP contribution in [0.5, 0.6) is 0 Å². The molecule has 0 radical (unpaired) electrons. The van der Waals surface area contributed by atoms with E-state index in [1.54, 1.807) is 18.2 Å². The highest BCUT2D eigenvalue weighted by molar-refractivity contribution is 7.92. The highest BCUT2D eigenvalue weighted by atomic mass is 32.2. The van der Waals surface area contributed by atoms with Crippen LogP contribution in [0.1, 0.15) is 21.5 Å². The molecule has 0 aliphatic heterocycles. The van der Waals surface area contributed by atoms with Crippen LogP contribution in [-0.4, -0.2) is 14.3 Å². The van der Waals surface area contributed by atoms with Gasteiger partial charge in [0.15, 0.2) is 0 Å². The summed E-state index contributed by atoms with van der Waals surface area (Å²) >= 11 is 0. The average molecular weight is 380 g/mol. The Balaban J connectivity index is 1.76. The molecule has 0 aliphatic rings. The van der Waals surface area contributed by atoms with Gasteiger partial charge in [-0.2, -0.15) is 0 Å². The number of carbonyl (C=O) groups excluding carboxylic acids is 1.